The molecule has 4 heteroatoms. The van der Waals surface area contributed by atoms with E-state index in [4.69, 9.17) is 9.47 Å². The van der Waals surface area contributed by atoms with Crippen molar-refractivity contribution in [1.82, 2.24) is 0 Å². The van der Waals surface area contributed by atoms with Crippen LogP contribution >= 0.6 is 15.9 Å². The fourth-order valence-electron chi connectivity index (χ4n) is 7.05. The van der Waals surface area contributed by atoms with E-state index in [2.05, 4.69) is 72.0 Å². The lowest BCUT2D eigenvalue weighted by molar-refractivity contribution is -0.00870. The van der Waals surface area contributed by atoms with Gasteiger partial charge in [0.05, 0.1) is 8.07 Å². The van der Waals surface area contributed by atoms with Gasteiger partial charge in [-0.25, -0.2) is 0 Å². The van der Waals surface area contributed by atoms with Gasteiger partial charge < -0.3 is 9.47 Å². The van der Waals surface area contributed by atoms with E-state index < -0.39 is 8.07 Å². The SMILES string of the molecule is COCOc1c(-c2ccccc2Br)cc([Si](C)(C)C)cc1C12CC3CC(CC(C3)C1)C2. The van der Waals surface area contributed by atoms with Crippen LogP contribution < -0.4 is 9.92 Å². The minimum Gasteiger partial charge on any atom is -0.467 e. The van der Waals surface area contributed by atoms with Crippen molar-refractivity contribution >= 4 is 29.2 Å². The van der Waals surface area contributed by atoms with Crippen molar-refractivity contribution in [3.05, 3.63) is 46.4 Å². The monoisotopic (exact) mass is 498 g/mol. The molecule has 0 aliphatic heterocycles. The van der Waals surface area contributed by atoms with Gasteiger partial charge in [0.25, 0.3) is 0 Å². The van der Waals surface area contributed by atoms with Crippen molar-refractivity contribution in [1.29, 1.82) is 0 Å². The van der Waals surface area contributed by atoms with E-state index in [0.717, 1.165) is 28.0 Å². The van der Waals surface area contributed by atoms with Gasteiger partial charge in [-0.05, 0) is 73.3 Å². The summed E-state index contributed by atoms with van der Waals surface area (Å²) in [5.74, 6) is 3.79. The summed E-state index contributed by atoms with van der Waals surface area (Å²) >= 11 is 3.82. The number of benzene rings is 2. The van der Waals surface area contributed by atoms with E-state index in [9.17, 15) is 0 Å². The summed E-state index contributed by atoms with van der Waals surface area (Å²) in [6, 6.07) is 13.6. The first-order valence-corrected chi connectivity index (χ1v) is 16.1. The summed E-state index contributed by atoms with van der Waals surface area (Å²) in [5.41, 5.74) is 4.22. The average molecular weight is 500 g/mol. The molecule has 0 spiro atoms. The summed E-state index contributed by atoms with van der Waals surface area (Å²) in [5, 5.41) is 1.54. The zero-order valence-corrected chi connectivity index (χ0v) is 21.9. The van der Waals surface area contributed by atoms with Gasteiger partial charge in [-0.1, -0.05) is 71.1 Å². The van der Waals surface area contributed by atoms with E-state index in [1.807, 2.05) is 0 Å². The van der Waals surface area contributed by atoms with Crippen molar-refractivity contribution in [3.63, 3.8) is 0 Å². The van der Waals surface area contributed by atoms with E-state index in [0.29, 0.717) is 6.79 Å². The fraction of sp³-hybridized carbons (Fsp3) is 0.556. The van der Waals surface area contributed by atoms with E-state index >= 15 is 0 Å². The molecule has 4 aliphatic carbocycles. The van der Waals surface area contributed by atoms with Crippen LogP contribution in [0.1, 0.15) is 44.1 Å². The van der Waals surface area contributed by atoms with E-state index in [-0.39, 0.29) is 5.41 Å². The largest absolute Gasteiger partial charge is 0.467 e. The Bertz CT molecular complexity index is 942. The van der Waals surface area contributed by atoms with Gasteiger partial charge in [0.2, 0.25) is 0 Å². The number of rotatable bonds is 6. The molecule has 0 unspecified atom stereocenters. The maximum Gasteiger partial charge on any atom is 0.188 e. The molecule has 4 bridgehead atoms. The van der Waals surface area contributed by atoms with Crippen LogP contribution in [0.5, 0.6) is 5.75 Å². The number of hydrogen-bond acceptors (Lipinski definition) is 2. The molecule has 0 amide bonds. The third-order valence-electron chi connectivity index (χ3n) is 8.05. The van der Waals surface area contributed by atoms with E-state index in [1.54, 1.807) is 7.11 Å². The Morgan fingerprint density at radius 3 is 2.10 bits per heavy atom. The third-order valence-corrected chi connectivity index (χ3v) is 10.8. The molecule has 6 rings (SSSR count). The topological polar surface area (TPSA) is 18.5 Å². The lowest BCUT2D eigenvalue weighted by Crippen LogP contribution is -2.49. The molecule has 2 aromatic carbocycles. The first-order chi connectivity index (χ1) is 14.8. The van der Waals surface area contributed by atoms with Crippen LogP contribution in [0.4, 0.5) is 0 Å². The molecule has 4 fully saturated rings. The molecule has 0 N–H and O–H groups in total. The first kappa shape index (κ1) is 21.7. The highest BCUT2D eigenvalue weighted by atomic mass is 79.9. The van der Waals surface area contributed by atoms with Gasteiger partial charge in [0.1, 0.15) is 5.75 Å². The minimum absolute atomic E-state index is 0.281. The maximum atomic E-state index is 6.46. The summed E-state index contributed by atoms with van der Waals surface area (Å²) in [4.78, 5) is 0. The van der Waals surface area contributed by atoms with Crippen molar-refractivity contribution in [2.45, 2.75) is 63.6 Å². The van der Waals surface area contributed by atoms with E-state index in [1.165, 1.54) is 60.4 Å². The predicted molar refractivity (Wildman–Crippen MR) is 135 cm³/mol. The van der Waals surface area contributed by atoms with Crippen LogP contribution in [0.2, 0.25) is 19.6 Å². The van der Waals surface area contributed by atoms with Gasteiger partial charge >= 0.3 is 0 Å². The summed E-state index contributed by atoms with van der Waals surface area (Å²) in [6.45, 7) is 7.69. The van der Waals surface area contributed by atoms with Gasteiger partial charge in [0, 0.05) is 22.7 Å². The van der Waals surface area contributed by atoms with Crippen LogP contribution in [0.25, 0.3) is 11.1 Å². The Morgan fingerprint density at radius 1 is 0.935 bits per heavy atom. The second kappa shape index (κ2) is 8.04. The van der Waals surface area contributed by atoms with Gasteiger partial charge in [-0.15, -0.1) is 0 Å². The molecular weight excluding hydrogens is 464 g/mol. The maximum absolute atomic E-state index is 6.46. The standard InChI is InChI=1S/C27H35BrO2Si/c1-29-17-30-26-23(22-7-5-6-8-25(22)28)12-21(31(2,3)4)13-24(26)27-14-18-9-19(15-27)11-20(10-18)16-27/h5-8,12-13,18-20H,9-11,14-17H2,1-4H3. The number of methoxy groups -OCH3 is 1. The predicted octanol–water partition coefficient (Wildman–Crippen LogP) is 7.11. The van der Waals surface area contributed by atoms with Gasteiger partial charge in [0.15, 0.2) is 6.79 Å². The van der Waals surface area contributed by atoms with Crippen LogP contribution in [0.3, 0.4) is 0 Å². The number of halogens is 1. The Hall–Kier alpha value is -1.10. The third kappa shape index (κ3) is 3.93. The molecule has 31 heavy (non-hydrogen) atoms. The lowest BCUT2D eigenvalue weighted by atomic mass is 9.48. The molecular formula is C27H35BrO2Si. The second-order valence-corrected chi connectivity index (χ2v) is 17.3. The molecule has 4 saturated carbocycles. The highest BCUT2D eigenvalue weighted by Gasteiger charge is 2.53. The fourth-order valence-corrected chi connectivity index (χ4v) is 8.70. The average Bonchev–Trinajstić information content (AvgIpc) is 2.70. The Balaban J connectivity index is 1.75. The zero-order valence-electron chi connectivity index (χ0n) is 19.3. The Morgan fingerprint density at radius 2 is 1.55 bits per heavy atom. The minimum atomic E-state index is -1.52. The van der Waals surface area contributed by atoms with Crippen molar-refractivity contribution in [3.8, 4) is 16.9 Å². The lowest BCUT2D eigenvalue weighted by Gasteiger charge is -2.57. The normalized spacial score (nSPS) is 29.4. The quantitative estimate of drug-likeness (QED) is 0.311. The van der Waals surface area contributed by atoms with Gasteiger partial charge in [-0.2, -0.15) is 0 Å². The Kier molecular flexibility index (Phi) is 5.63. The van der Waals surface area contributed by atoms with Crippen molar-refractivity contribution in [2.24, 2.45) is 17.8 Å². The smallest absolute Gasteiger partial charge is 0.188 e. The second-order valence-electron chi connectivity index (χ2n) is 11.4. The van der Waals surface area contributed by atoms with Crippen molar-refractivity contribution in [2.75, 3.05) is 13.9 Å². The molecule has 2 nitrogen and oxygen atoms in total. The summed E-state index contributed by atoms with van der Waals surface area (Å²) in [7, 11) is 0.204. The van der Waals surface area contributed by atoms with Crippen LogP contribution in [-0.2, 0) is 10.2 Å². The molecule has 4 aliphatic rings. The number of hydrogen-bond donors (Lipinski definition) is 0. The molecule has 2 aromatic rings. The van der Waals surface area contributed by atoms with Crippen LogP contribution in [-0.4, -0.2) is 22.0 Å². The summed E-state index contributed by atoms with van der Waals surface area (Å²) in [6.07, 6.45) is 8.39. The molecule has 0 heterocycles. The Labute approximate surface area is 196 Å². The first-order valence-electron chi connectivity index (χ1n) is 11.8. The molecule has 0 saturated heterocycles. The molecule has 0 aromatic heterocycles. The highest BCUT2D eigenvalue weighted by molar-refractivity contribution is 9.10. The zero-order chi connectivity index (χ0) is 21.8. The number of ether oxygens (including phenoxy) is 2. The molecule has 166 valence electrons. The highest BCUT2D eigenvalue weighted by Crippen LogP contribution is 2.62. The van der Waals surface area contributed by atoms with Crippen LogP contribution in [0, 0.1) is 17.8 Å². The van der Waals surface area contributed by atoms with Crippen molar-refractivity contribution < 1.29 is 9.47 Å². The molecule has 0 atom stereocenters. The molecule has 0 radical (unpaired) electrons. The van der Waals surface area contributed by atoms with Crippen LogP contribution in [0.15, 0.2) is 40.9 Å². The summed E-state index contributed by atoms with van der Waals surface area (Å²) < 4.78 is 13.0. The van der Waals surface area contributed by atoms with Gasteiger partial charge in [-0.3, -0.25) is 0 Å².